The molecule has 11 heteroatoms. The molecule has 0 N–H and O–H groups in total. The van der Waals surface area contributed by atoms with Crippen molar-refractivity contribution in [1.82, 2.24) is 39.2 Å². The van der Waals surface area contributed by atoms with Crippen molar-refractivity contribution in [2.24, 2.45) is 37.9 Å². The highest BCUT2D eigenvalue weighted by molar-refractivity contribution is 5.00. The molecule has 0 unspecified atom stereocenters. The Hall–Kier alpha value is -0.440. The maximum atomic E-state index is 5.97. The van der Waals surface area contributed by atoms with Crippen LogP contribution in [0.4, 0.5) is 0 Å². The molecule has 16 rings (SSSR count). The summed E-state index contributed by atoms with van der Waals surface area (Å²) in [5.41, 5.74) is 5.25. The van der Waals surface area contributed by atoms with Crippen LogP contribution in [0.3, 0.4) is 0 Å². The van der Waals surface area contributed by atoms with E-state index in [0.717, 1.165) is 134 Å². The summed E-state index contributed by atoms with van der Waals surface area (Å²) in [5.74, 6) is 0. The van der Waals surface area contributed by atoms with Crippen LogP contribution in [0.25, 0.3) is 0 Å². The van der Waals surface area contributed by atoms with Crippen molar-refractivity contribution in [2.75, 3.05) is 138 Å². The minimum atomic E-state index is 0.112. The maximum Gasteiger partial charge on any atom is 0.0853 e. The average molecular weight is 1540 g/mol. The van der Waals surface area contributed by atoms with E-state index in [1.807, 2.05) is 0 Å². The molecule has 10 saturated heterocycles. The van der Waals surface area contributed by atoms with Gasteiger partial charge in [-0.1, -0.05) is 103 Å². The van der Waals surface area contributed by atoms with Gasteiger partial charge in [-0.3, -0.25) is 4.90 Å². The lowest BCUT2D eigenvalue weighted by Crippen LogP contribution is -2.55. The molecule has 0 atom stereocenters. The van der Waals surface area contributed by atoms with Crippen LogP contribution in [-0.2, 0) is 14.2 Å². The number of rotatable bonds is 8. The molecule has 6 saturated carbocycles. The zero-order valence-corrected chi connectivity index (χ0v) is 76.8. The minimum Gasteiger partial charge on any atom is -0.381 e. The van der Waals surface area contributed by atoms with Gasteiger partial charge in [-0.2, -0.15) is 0 Å². The van der Waals surface area contributed by atoms with E-state index in [1.54, 1.807) is 0 Å². The van der Waals surface area contributed by atoms with Crippen LogP contribution in [0.15, 0.2) is 0 Å². The molecule has 0 bridgehead atoms. The summed E-state index contributed by atoms with van der Waals surface area (Å²) in [4.78, 5) is 21.3. The summed E-state index contributed by atoms with van der Waals surface area (Å²) >= 11 is 0. The summed E-state index contributed by atoms with van der Waals surface area (Å²) in [6.45, 7) is 63.1. The molecule has 110 heavy (non-hydrogen) atoms. The Morgan fingerprint density at radius 2 is 0.382 bits per heavy atom. The van der Waals surface area contributed by atoms with Gasteiger partial charge >= 0.3 is 0 Å². The lowest BCUT2D eigenvalue weighted by atomic mass is 9.68. The molecule has 10 aliphatic heterocycles. The molecule has 8 spiro atoms. The third kappa shape index (κ3) is 29.5. The van der Waals surface area contributed by atoms with E-state index in [-0.39, 0.29) is 5.60 Å². The van der Waals surface area contributed by atoms with Gasteiger partial charge in [-0.25, -0.2) is 0 Å². The zero-order valence-electron chi connectivity index (χ0n) is 76.8. The monoisotopic (exact) mass is 1540 g/mol. The van der Waals surface area contributed by atoms with Gasteiger partial charge in [0.25, 0.3) is 0 Å². The molecule has 10 heterocycles. The van der Waals surface area contributed by atoms with Gasteiger partial charge in [-0.05, 0) is 381 Å². The first-order chi connectivity index (χ1) is 52.7. The highest BCUT2D eigenvalue weighted by Crippen LogP contribution is 2.53. The fourth-order valence-corrected chi connectivity index (χ4v) is 24.6. The standard InChI is InChI=1S/2C14H27N.2C13H25N.C12H23NO.C12H23N.C11H21NO2.C10H19N/c2*1-13(2)15-11-7-6-10-14(12-15)8-4-3-5-9-14;1-12(2)14-10-6-9-13(11-14)7-4-3-5-8-13;1-12(2)14-10-8-13(9-11-14)6-4-3-5-7-13;1-11(2)13-7-3-4-12(10-13)5-8-14-9-6-12;1-11(2)13-9-5-8-12(10-13)6-3-4-7-12;1-10(2)12-5-8-14-11(9-12)3-6-13-7-4-11;1-9(2)11-7-3-4-10(8-11)5-6-10/h2*13H,3-12H2,1-2H3;2*12H,3-11H2,1-2H3;11H,3-10H2,1-2H3;11H,3-10H2,1-2H3;10H,3-9H2,1-2H3;9H,3-8H2,1-2H3. The highest BCUT2D eigenvalue weighted by Gasteiger charge is 2.47. The van der Waals surface area contributed by atoms with Gasteiger partial charge in [0.05, 0.1) is 12.2 Å². The molecule has 0 aromatic heterocycles. The molecule has 11 nitrogen and oxygen atoms in total. The van der Waals surface area contributed by atoms with Gasteiger partial charge in [0, 0.05) is 140 Å². The second-order valence-electron chi connectivity index (χ2n) is 43.6. The summed E-state index contributed by atoms with van der Waals surface area (Å²) in [5, 5.41) is 0. The van der Waals surface area contributed by atoms with Crippen molar-refractivity contribution in [3.05, 3.63) is 0 Å². The zero-order chi connectivity index (χ0) is 78.7. The number of likely N-dealkylation sites (tertiary alicyclic amines) is 7. The number of morpholine rings is 1. The summed E-state index contributed by atoms with van der Waals surface area (Å²) in [6.07, 6.45) is 67.2. The summed E-state index contributed by atoms with van der Waals surface area (Å²) in [7, 11) is 0. The van der Waals surface area contributed by atoms with Crippen molar-refractivity contribution < 1.29 is 14.2 Å². The van der Waals surface area contributed by atoms with E-state index >= 15 is 0 Å². The largest absolute Gasteiger partial charge is 0.381 e. The molecule has 16 fully saturated rings. The molecule has 0 amide bonds. The summed E-state index contributed by atoms with van der Waals surface area (Å²) < 4.78 is 16.8. The average Bonchev–Trinajstić information content (AvgIpc) is 1.61. The third-order valence-corrected chi connectivity index (χ3v) is 32.9. The van der Waals surface area contributed by atoms with E-state index in [9.17, 15) is 0 Å². The Bertz CT molecular complexity index is 2260. The number of hydrogen-bond acceptors (Lipinski definition) is 11. The fourth-order valence-electron chi connectivity index (χ4n) is 24.6. The SMILES string of the molecule is CC(C)N1CCC2(CCCCC2)CC1.CC(C)N1CCCC2(CC2)C1.CC(C)N1CCCC2(CCCC2)C1.CC(C)N1CCCC2(CCCCC2)C1.CC(C)N1CCCC2(CCOCC2)C1.CC(C)N1CCCCC2(CCCCC2)C1.CC(C)N1CCCCC2(CCCCC2)C1.CC(C)N1CCOC2(CCOCC2)C1. The van der Waals surface area contributed by atoms with Gasteiger partial charge in [0.2, 0.25) is 0 Å². The lowest BCUT2D eigenvalue weighted by molar-refractivity contribution is -0.158. The highest BCUT2D eigenvalue weighted by atomic mass is 16.5. The Kier molecular flexibility index (Phi) is 38.9. The van der Waals surface area contributed by atoms with E-state index in [0.29, 0.717) is 11.5 Å². The second kappa shape index (κ2) is 45.8. The van der Waals surface area contributed by atoms with Crippen LogP contribution in [0.2, 0.25) is 0 Å². The van der Waals surface area contributed by atoms with Gasteiger partial charge in [0.1, 0.15) is 0 Å². The Morgan fingerprint density at radius 3 is 0.664 bits per heavy atom. The van der Waals surface area contributed by atoms with Crippen molar-refractivity contribution in [1.29, 1.82) is 0 Å². The first-order valence-corrected chi connectivity index (χ1v) is 49.5. The van der Waals surface area contributed by atoms with Crippen molar-refractivity contribution in [3.63, 3.8) is 0 Å². The van der Waals surface area contributed by atoms with Crippen LogP contribution in [0.1, 0.15) is 406 Å². The topological polar surface area (TPSA) is 53.6 Å². The van der Waals surface area contributed by atoms with Crippen molar-refractivity contribution in [3.8, 4) is 0 Å². The normalized spacial score (nSPS) is 28.6. The molecular weight excluding hydrogens is 1350 g/mol. The first kappa shape index (κ1) is 93.4. The minimum absolute atomic E-state index is 0.112. The molecule has 0 aromatic rings. The quantitative estimate of drug-likeness (QED) is 0.234. The van der Waals surface area contributed by atoms with Crippen LogP contribution < -0.4 is 0 Å². The van der Waals surface area contributed by atoms with Gasteiger partial charge in [-0.15, -0.1) is 0 Å². The molecule has 0 radical (unpaired) electrons. The first-order valence-electron chi connectivity index (χ1n) is 49.5. The van der Waals surface area contributed by atoms with Gasteiger partial charge < -0.3 is 48.5 Å². The summed E-state index contributed by atoms with van der Waals surface area (Å²) in [6, 6.07) is 5.91. The molecule has 644 valence electrons. The van der Waals surface area contributed by atoms with Crippen molar-refractivity contribution >= 4 is 0 Å². The van der Waals surface area contributed by atoms with E-state index < -0.39 is 0 Å². The van der Waals surface area contributed by atoms with Crippen LogP contribution in [0, 0.1) is 37.9 Å². The Labute approximate surface area is 685 Å². The third-order valence-electron chi connectivity index (χ3n) is 32.9. The molecular formula is C99H190N8O3. The number of piperidine rings is 5. The molecule has 6 aliphatic carbocycles. The molecule has 16 aliphatic rings. The Balaban J connectivity index is 0.000000145. The maximum absolute atomic E-state index is 5.97. The lowest BCUT2D eigenvalue weighted by Gasteiger charge is -2.46. The second-order valence-corrected chi connectivity index (χ2v) is 43.6. The molecule has 0 aromatic carbocycles. The van der Waals surface area contributed by atoms with E-state index in [4.69, 9.17) is 14.2 Å². The predicted molar refractivity (Wildman–Crippen MR) is 473 cm³/mol. The Morgan fingerprint density at radius 1 is 0.164 bits per heavy atom. The number of nitrogens with zero attached hydrogens (tertiary/aromatic N) is 8. The number of hydrogen-bond donors (Lipinski definition) is 0. The number of ether oxygens (including phenoxy) is 3. The van der Waals surface area contributed by atoms with Crippen molar-refractivity contribution in [2.45, 2.75) is 460 Å². The van der Waals surface area contributed by atoms with E-state index in [2.05, 4.69) is 150 Å². The van der Waals surface area contributed by atoms with Crippen LogP contribution >= 0.6 is 0 Å². The van der Waals surface area contributed by atoms with E-state index in [1.165, 1.54) is 374 Å². The fraction of sp³-hybridized carbons (Fsp3) is 1.00. The van der Waals surface area contributed by atoms with Crippen LogP contribution in [-0.4, -0.2) is 231 Å². The smallest absolute Gasteiger partial charge is 0.0853 e. The van der Waals surface area contributed by atoms with Crippen LogP contribution in [0.5, 0.6) is 0 Å². The van der Waals surface area contributed by atoms with Gasteiger partial charge in [0.15, 0.2) is 0 Å². The predicted octanol–water partition coefficient (Wildman–Crippen LogP) is 23.4.